The van der Waals surface area contributed by atoms with Crippen molar-refractivity contribution >= 4 is 45.7 Å². The van der Waals surface area contributed by atoms with Crippen molar-refractivity contribution in [2.24, 2.45) is 0 Å². The van der Waals surface area contributed by atoms with E-state index >= 15 is 0 Å². The molecule has 0 unspecified atom stereocenters. The Labute approximate surface area is 99.2 Å². The lowest BCUT2D eigenvalue weighted by molar-refractivity contribution is 0.942. The van der Waals surface area contributed by atoms with Gasteiger partial charge in [0.1, 0.15) is 0 Å². The molecule has 0 spiro atoms. The lowest BCUT2D eigenvalue weighted by atomic mass is 10.3. The molecule has 0 atom stereocenters. The van der Waals surface area contributed by atoms with E-state index in [1.54, 1.807) is 6.20 Å². The largest absolute Gasteiger partial charge is 0.337 e. The maximum absolute atomic E-state index is 5.83. The molecule has 6 heteroatoms. The SMILES string of the molecule is Clc1ccc(Nc2cn[nH]n2)c(I)c1. The fourth-order valence-corrected chi connectivity index (χ4v) is 2.00. The summed E-state index contributed by atoms with van der Waals surface area (Å²) in [7, 11) is 0. The van der Waals surface area contributed by atoms with E-state index in [0.29, 0.717) is 5.82 Å². The number of benzene rings is 1. The predicted octanol–water partition coefficient (Wildman–Crippen LogP) is 2.81. The number of nitrogens with one attached hydrogen (secondary N) is 2. The van der Waals surface area contributed by atoms with Crippen LogP contribution in [-0.2, 0) is 0 Å². The van der Waals surface area contributed by atoms with E-state index in [4.69, 9.17) is 11.6 Å². The minimum atomic E-state index is 0.685. The lowest BCUT2D eigenvalue weighted by Gasteiger charge is -2.04. The molecule has 0 saturated heterocycles. The molecule has 0 bridgehead atoms. The van der Waals surface area contributed by atoms with Crippen molar-refractivity contribution in [2.75, 3.05) is 5.32 Å². The van der Waals surface area contributed by atoms with Gasteiger partial charge < -0.3 is 5.32 Å². The van der Waals surface area contributed by atoms with Crippen LogP contribution in [0.25, 0.3) is 0 Å². The van der Waals surface area contributed by atoms with Crippen LogP contribution in [0.3, 0.4) is 0 Å². The number of H-pyrrole nitrogens is 1. The molecule has 0 aliphatic carbocycles. The number of nitrogens with zero attached hydrogens (tertiary/aromatic N) is 2. The van der Waals surface area contributed by atoms with Gasteiger partial charge in [-0.2, -0.15) is 10.3 Å². The van der Waals surface area contributed by atoms with E-state index in [0.717, 1.165) is 14.3 Å². The molecular formula is C8H6ClIN4. The van der Waals surface area contributed by atoms with Crippen LogP contribution < -0.4 is 5.32 Å². The van der Waals surface area contributed by atoms with Crippen molar-refractivity contribution in [1.82, 2.24) is 15.4 Å². The van der Waals surface area contributed by atoms with Crippen LogP contribution >= 0.6 is 34.2 Å². The van der Waals surface area contributed by atoms with Crippen LogP contribution in [0.1, 0.15) is 0 Å². The summed E-state index contributed by atoms with van der Waals surface area (Å²) in [6, 6.07) is 5.61. The van der Waals surface area contributed by atoms with Crippen molar-refractivity contribution < 1.29 is 0 Å². The van der Waals surface area contributed by atoms with Crippen LogP contribution in [0.4, 0.5) is 11.5 Å². The van der Waals surface area contributed by atoms with Crippen LogP contribution in [0, 0.1) is 3.57 Å². The molecule has 2 rings (SSSR count). The number of anilines is 2. The van der Waals surface area contributed by atoms with Crippen molar-refractivity contribution in [3.05, 3.63) is 33.0 Å². The van der Waals surface area contributed by atoms with Gasteiger partial charge in [-0.05, 0) is 40.8 Å². The van der Waals surface area contributed by atoms with Crippen molar-refractivity contribution in [1.29, 1.82) is 0 Å². The Morgan fingerprint density at radius 1 is 1.43 bits per heavy atom. The second-order valence-corrected chi connectivity index (χ2v) is 4.20. The second kappa shape index (κ2) is 4.14. The molecule has 0 aliphatic rings. The van der Waals surface area contributed by atoms with Gasteiger partial charge >= 0.3 is 0 Å². The number of aromatic nitrogens is 3. The van der Waals surface area contributed by atoms with Gasteiger partial charge in [0.15, 0.2) is 5.82 Å². The molecular weight excluding hydrogens is 314 g/mol. The Morgan fingerprint density at radius 3 is 2.93 bits per heavy atom. The highest BCUT2D eigenvalue weighted by molar-refractivity contribution is 14.1. The zero-order chi connectivity index (χ0) is 9.97. The van der Waals surface area contributed by atoms with E-state index in [9.17, 15) is 0 Å². The molecule has 14 heavy (non-hydrogen) atoms. The average Bonchev–Trinajstić information content (AvgIpc) is 2.62. The Hall–Kier alpha value is -0.820. The summed E-state index contributed by atoms with van der Waals surface area (Å²) in [6.45, 7) is 0. The monoisotopic (exact) mass is 320 g/mol. The van der Waals surface area contributed by atoms with E-state index in [-0.39, 0.29) is 0 Å². The number of hydrogen-bond donors (Lipinski definition) is 2. The standard InChI is InChI=1S/C8H6ClIN4/c9-5-1-2-7(6(10)3-5)12-8-4-11-14-13-8/h1-4H,(H2,11,12,13,14). The van der Waals surface area contributed by atoms with Gasteiger partial charge in [-0.15, -0.1) is 5.10 Å². The first-order valence-corrected chi connectivity index (χ1v) is 5.29. The van der Waals surface area contributed by atoms with Crippen LogP contribution in [-0.4, -0.2) is 15.4 Å². The zero-order valence-electron chi connectivity index (χ0n) is 6.96. The number of halogens is 2. The summed E-state index contributed by atoms with van der Waals surface area (Å²) >= 11 is 8.04. The fraction of sp³-hybridized carbons (Fsp3) is 0. The third kappa shape index (κ3) is 2.16. The molecule has 0 fully saturated rings. The Balaban J connectivity index is 2.25. The van der Waals surface area contributed by atoms with E-state index < -0.39 is 0 Å². The highest BCUT2D eigenvalue weighted by Crippen LogP contribution is 2.24. The van der Waals surface area contributed by atoms with Crippen LogP contribution in [0.15, 0.2) is 24.4 Å². The summed E-state index contributed by atoms with van der Waals surface area (Å²) in [5, 5.41) is 14.0. The Bertz CT molecular complexity index is 429. The molecule has 0 aliphatic heterocycles. The average molecular weight is 321 g/mol. The smallest absolute Gasteiger partial charge is 0.172 e. The van der Waals surface area contributed by atoms with Gasteiger partial charge in [0.05, 0.1) is 11.9 Å². The molecule has 1 aromatic heterocycles. The summed E-state index contributed by atoms with van der Waals surface area (Å²) in [4.78, 5) is 0. The Kier molecular flexibility index (Phi) is 2.87. The molecule has 72 valence electrons. The second-order valence-electron chi connectivity index (χ2n) is 2.60. The van der Waals surface area contributed by atoms with E-state index in [1.165, 1.54) is 0 Å². The third-order valence-electron chi connectivity index (χ3n) is 1.61. The first kappa shape index (κ1) is 9.72. The van der Waals surface area contributed by atoms with Gasteiger partial charge in [-0.3, -0.25) is 0 Å². The van der Waals surface area contributed by atoms with Gasteiger partial charge in [-0.25, -0.2) is 0 Å². The molecule has 4 nitrogen and oxygen atoms in total. The maximum atomic E-state index is 5.83. The van der Waals surface area contributed by atoms with Gasteiger partial charge in [-0.1, -0.05) is 11.6 Å². The maximum Gasteiger partial charge on any atom is 0.172 e. The van der Waals surface area contributed by atoms with Crippen molar-refractivity contribution in [2.45, 2.75) is 0 Å². The quantitative estimate of drug-likeness (QED) is 0.837. The molecule has 2 N–H and O–H groups in total. The highest BCUT2D eigenvalue weighted by Gasteiger charge is 2.02. The fourth-order valence-electron chi connectivity index (χ4n) is 0.991. The topological polar surface area (TPSA) is 53.6 Å². The van der Waals surface area contributed by atoms with E-state index in [2.05, 4.69) is 43.3 Å². The summed E-state index contributed by atoms with van der Waals surface area (Å²) in [5.41, 5.74) is 0.962. The molecule has 0 amide bonds. The zero-order valence-corrected chi connectivity index (χ0v) is 9.87. The first-order chi connectivity index (χ1) is 6.75. The summed E-state index contributed by atoms with van der Waals surface area (Å²) < 4.78 is 1.04. The lowest BCUT2D eigenvalue weighted by Crippen LogP contribution is -1.92. The number of aromatic amines is 1. The van der Waals surface area contributed by atoms with Gasteiger partial charge in [0.2, 0.25) is 0 Å². The van der Waals surface area contributed by atoms with Crippen molar-refractivity contribution in [3.8, 4) is 0 Å². The molecule has 1 aromatic carbocycles. The Morgan fingerprint density at radius 2 is 2.29 bits per heavy atom. The number of rotatable bonds is 2. The molecule has 0 saturated carbocycles. The molecule has 0 radical (unpaired) electrons. The summed E-state index contributed by atoms with van der Waals surface area (Å²) in [5.74, 6) is 0.685. The minimum Gasteiger partial charge on any atom is -0.337 e. The number of hydrogen-bond acceptors (Lipinski definition) is 3. The predicted molar refractivity (Wildman–Crippen MR) is 63.8 cm³/mol. The first-order valence-electron chi connectivity index (χ1n) is 3.83. The van der Waals surface area contributed by atoms with Crippen molar-refractivity contribution in [3.63, 3.8) is 0 Å². The van der Waals surface area contributed by atoms with Crippen LogP contribution in [0.5, 0.6) is 0 Å². The van der Waals surface area contributed by atoms with E-state index in [1.807, 2.05) is 18.2 Å². The van der Waals surface area contributed by atoms with Crippen LogP contribution in [0.2, 0.25) is 5.02 Å². The highest BCUT2D eigenvalue weighted by atomic mass is 127. The minimum absolute atomic E-state index is 0.685. The summed E-state index contributed by atoms with van der Waals surface area (Å²) in [6.07, 6.45) is 1.62. The molecule has 1 heterocycles. The molecule has 2 aromatic rings. The third-order valence-corrected chi connectivity index (χ3v) is 2.74. The van der Waals surface area contributed by atoms with Gasteiger partial charge in [0.25, 0.3) is 0 Å². The normalized spacial score (nSPS) is 10.1. The van der Waals surface area contributed by atoms with Gasteiger partial charge in [0, 0.05) is 8.59 Å².